The van der Waals surface area contributed by atoms with E-state index in [4.69, 9.17) is 4.74 Å². The second-order valence-corrected chi connectivity index (χ2v) is 7.17. The Morgan fingerprint density at radius 3 is 2.79 bits per heavy atom. The van der Waals surface area contributed by atoms with Gasteiger partial charge in [-0.05, 0) is 55.3 Å². The zero-order valence-electron chi connectivity index (χ0n) is 15.9. The van der Waals surface area contributed by atoms with Crippen LogP contribution in [0, 0.1) is 12.7 Å². The topological polar surface area (TPSA) is 47.4 Å². The van der Waals surface area contributed by atoms with Crippen LogP contribution in [0.15, 0.2) is 54.7 Å². The quantitative estimate of drug-likeness (QED) is 0.695. The van der Waals surface area contributed by atoms with Crippen molar-refractivity contribution >= 4 is 5.91 Å². The van der Waals surface area contributed by atoms with Crippen LogP contribution in [0.3, 0.4) is 0 Å². The van der Waals surface area contributed by atoms with Crippen LogP contribution in [0.25, 0.3) is 11.1 Å². The molecular formula is C22H22FN3O2. The molecule has 3 aromatic rings. The summed E-state index contributed by atoms with van der Waals surface area (Å²) in [5, 5.41) is 4.30. The van der Waals surface area contributed by atoms with Crippen molar-refractivity contribution in [1.29, 1.82) is 0 Å². The third kappa shape index (κ3) is 3.76. The molecule has 144 valence electrons. The highest BCUT2D eigenvalue weighted by molar-refractivity contribution is 5.76. The van der Waals surface area contributed by atoms with Crippen molar-refractivity contribution in [2.24, 2.45) is 0 Å². The minimum absolute atomic E-state index is 0.0109. The fourth-order valence-electron chi connectivity index (χ4n) is 3.45. The number of aromatic nitrogens is 2. The molecule has 4 rings (SSSR count). The highest BCUT2D eigenvalue weighted by Gasteiger charge is 2.26. The lowest BCUT2D eigenvalue weighted by molar-refractivity contribution is -0.135. The van der Waals surface area contributed by atoms with Gasteiger partial charge in [-0.1, -0.05) is 18.2 Å². The van der Waals surface area contributed by atoms with E-state index in [0.29, 0.717) is 13.2 Å². The molecule has 0 saturated heterocycles. The Kier molecular flexibility index (Phi) is 4.86. The number of fused-ring (bicyclic) bond motifs is 1. The zero-order valence-corrected chi connectivity index (χ0v) is 15.9. The van der Waals surface area contributed by atoms with Crippen LogP contribution >= 0.6 is 0 Å². The van der Waals surface area contributed by atoms with E-state index in [1.807, 2.05) is 55.3 Å². The molecule has 1 amide bonds. The number of aryl methyl sites for hydroxylation is 1. The van der Waals surface area contributed by atoms with Crippen LogP contribution in [0.4, 0.5) is 4.39 Å². The first-order valence-corrected chi connectivity index (χ1v) is 9.31. The van der Waals surface area contributed by atoms with Gasteiger partial charge in [0.2, 0.25) is 5.91 Å². The molecule has 0 fully saturated rings. The number of benzene rings is 2. The summed E-state index contributed by atoms with van der Waals surface area (Å²) in [6.07, 6.45) is 1.81. The third-order valence-electron chi connectivity index (χ3n) is 4.96. The number of rotatable bonds is 3. The van der Waals surface area contributed by atoms with Gasteiger partial charge in [0.25, 0.3) is 0 Å². The number of ether oxygens (including phenoxy) is 1. The fraction of sp³-hybridized carbons (Fsp3) is 0.273. The molecule has 0 radical (unpaired) electrons. The first-order chi connectivity index (χ1) is 13.5. The van der Waals surface area contributed by atoms with Crippen molar-refractivity contribution in [2.75, 3.05) is 6.61 Å². The lowest BCUT2D eigenvalue weighted by Crippen LogP contribution is -2.41. The summed E-state index contributed by atoms with van der Waals surface area (Å²) in [5.74, 6) is 0.476. The Labute approximate surface area is 163 Å². The monoisotopic (exact) mass is 379 g/mol. The van der Waals surface area contributed by atoms with Crippen LogP contribution in [-0.4, -0.2) is 33.2 Å². The maximum Gasteiger partial charge on any atom is 0.244 e. The van der Waals surface area contributed by atoms with E-state index in [0.717, 1.165) is 28.1 Å². The van der Waals surface area contributed by atoms with Crippen molar-refractivity contribution in [3.63, 3.8) is 0 Å². The number of hydrogen-bond donors (Lipinski definition) is 0. The predicted octanol–water partition coefficient (Wildman–Crippen LogP) is 3.81. The Bertz CT molecular complexity index is 1010. The molecule has 2 heterocycles. The van der Waals surface area contributed by atoms with E-state index in [2.05, 4.69) is 5.10 Å². The first-order valence-electron chi connectivity index (χ1n) is 9.31. The smallest absolute Gasteiger partial charge is 0.244 e. The second kappa shape index (κ2) is 7.46. The molecule has 1 aliphatic heterocycles. The maximum atomic E-state index is 13.6. The summed E-state index contributed by atoms with van der Waals surface area (Å²) in [6, 6.07) is 14.1. The van der Waals surface area contributed by atoms with Crippen LogP contribution in [0.5, 0.6) is 5.75 Å². The number of carbonyl (C=O) groups is 1. The standard InChI is InChI=1S/C22H22FN3O2/c1-15-8-9-25(24-15)13-22(27)26-12-19-10-18(17-4-3-5-20(23)11-17)6-7-21(19)28-14-16(26)2/h3-11,16H,12-14H2,1-2H3/t16-/m0/s1. The van der Waals surface area contributed by atoms with E-state index in [1.54, 1.807) is 10.7 Å². The summed E-state index contributed by atoms with van der Waals surface area (Å²) in [7, 11) is 0. The minimum Gasteiger partial charge on any atom is -0.491 e. The molecular weight excluding hydrogens is 357 g/mol. The van der Waals surface area contributed by atoms with Gasteiger partial charge in [0.1, 0.15) is 24.7 Å². The number of amides is 1. The second-order valence-electron chi connectivity index (χ2n) is 7.17. The molecule has 2 aromatic carbocycles. The van der Waals surface area contributed by atoms with Gasteiger partial charge < -0.3 is 9.64 Å². The SMILES string of the molecule is Cc1ccn(CC(=O)N2Cc3cc(-c4cccc(F)c4)ccc3OC[C@@H]2C)n1. The average Bonchev–Trinajstić information content (AvgIpc) is 3.00. The van der Waals surface area contributed by atoms with Crippen LogP contribution in [0.2, 0.25) is 0 Å². The molecule has 1 atom stereocenters. The molecule has 1 aromatic heterocycles. The molecule has 0 spiro atoms. The Morgan fingerprint density at radius 1 is 1.21 bits per heavy atom. The van der Waals surface area contributed by atoms with Gasteiger partial charge in [0.15, 0.2) is 0 Å². The van der Waals surface area contributed by atoms with E-state index in [1.165, 1.54) is 12.1 Å². The summed E-state index contributed by atoms with van der Waals surface area (Å²) < 4.78 is 21.2. The summed E-state index contributed by atoms with van der Waals surface area (Å²) >= 11 is 0. The van der Waals surface area contributed by atoms with Gasteiger partial charge in [0, 0.05) is 18.3 Å². The number of halogens is 1. The first kappa shape index (κ1) is 18.2. The highest BCUT2D eigenvalue weighted by Crippen LogP contribution is 2.30. The Morgan fingerprint density at radius 2 is 2.04 bits per heavy atom. The lowest BCUT2D eigenvalue weighted by Gasteiger charge is -2.26. The van der Waals surface area contributed by atoms with E-state index in [9.17, 15) is 9.18 Å². The van der Waals surface area contributed by atoms with Gasteiger partial charge in [-0.3, -0.25) is 9.48 Å². The van der Waals surface area contributed by atoms with Crippen molar-refractivity contribution in [2.45, 2.75) is 33.0 Å². The number of hydrogen-bond acceptors (Lipinski definition) is 3. The van der Waals surface area contributed by atoms with Gasteiger partial charge in [-0.15, -0.1) is 0 Å². The van der Waals surface area contributed by atoms with Crippen LogP contribution in [0.1, 0.15) is 18.2 Å². The molecule has 0 aliphatic carbocycles. The minimum atomic E-state index is -0.274. The molecule has 1 aliphatic rings. The molecule has 5 nitrogen and oxygen atoms in total. The zero-order chi connectivity index (χ0) is 19.7. The number of carbonyl (C=O) groups excluding carboxylic acids is 1. The van der Waals surface area contributed by atoms with E-state index < -0.39 is 0 Å². The lowest BCUT2D eigenvalue weighted by atomic mass is 10.0. The Hall–Kier alpha value is -3.15. The van der Waals surface area contributed by atoms with Crippen molar-refractivity contribution in [1.82, 2.24) is 14.7 Å². The molecule has 0 saturated carbocycles. The maximum absolute atomic E-state index is 13.6. The Balaban J connectivity index is 1.61. The average molecular weight is 379 g/mol. The van der Waals surface area contributed by atoms with Crippen LogP contribution in [-0.2, 0) is 17.9 Å². The summed E-state index contributed by atoms with van der Waals surface area (Å²) in [4.78, 5) is 14.7. The number of nitrogens with zero attached hydrogens (tertiary/aromatic N) is 3. The van der Waals surface area contributed by atoms with E-state index in [-0.39, 0.29) is 24.3 Å². The van der Waals surface area contributed by atoms with Gasteiger partial charge >= 0.3 is 0 Å². The van der Waals surface area contributed by atoms with Crippen molar-refractivity contribution < 1.29 is 13.9 Å². The highest BCUT2D eigenvalue weighted by atomic mass is 19.1. The van der Waals surface area contributed by atoms with Gasteiger partial charge in [-0.2, -0.15) is 5.10 Å². The molecule has 0 bridgehead atoms. The normalized spacial score (nSPS) is 16.2. The summed E-state index contributed by atoms with van der Waals surface area (Å²) in [6.45, 7) is 4.94. The van der Waals surface area contributed by atoms with Crippen LogP contribution < -0.4 is 4.74 Å². The largest absolute Gasteiger partial charge is 0.491 e. The molecule has 0 N–H and O–H groups in total. The fourth-order valence-corrected chi connectivity index (χ4v) is 3.45. The molecule has 28 heavy (non-hydrogen) atoms. The van der Waals surface area contributed by atoms with E-state index >= 15 is 0 Å². The molecule has 0 unspecified atom stereocenters. The predicted molar refractivity (Wildman–Crippen MR) is 104 cm³/mol. The third-order valence-corrected chi connectivity index (χ3v) is 4.96. The van der Waals surface area contributed by atoms with Crippen molar-refractivity contribution in [3.05, 3.63) is 71.8 Å². The van der Waals surface area contributed by atoms with Crippen molar-refractivity contribution in [3.8, 4) is 16.9 Å². The summed E-state index contributed by atoms with van der Waals surface area (Å²) in [5.41, 5.74) is 3.48. The molecule has 6 heteroatoms. The van der Waals surface area contributed by atoms with Gasteiger partial charge in [-0.25, -0.2) is 4.39 Å². The van der Waals surface area contributed by atoms with Gasteiger partial charge in [0.05, 0.1) is 11.7 Å².